The Kier molecular flexibility index (Phi) is 5.03. The minimum Gasteiger partial charge on any atom is -0.466 e. The number of allylic oxidation sites excluding steroid dienone is 1. The average Bonchev–Trinajstić information content (AvgIpc) is 3.21. The van der Waals surface area contributed by atoms with Gasteiger partial charge >= 0.3 is 5.97 Å². The normalized spacial score (nSPS) is 16.4. The number of rotatable bonds is 3. The van der Waals surface area contributed by atoms with E-state index in [-0.39, 0.29) is 5.56 Å². The van der Waals surface area contributed by atoms with Gasteiger partial charge in [0.2, 0.25) is 0 Å². The van der Waals surface area contributed by atoms with Gasteiger partial charge in [-0.3, -0.25) is 14.0 Å². The molecule has 1 aliphatic rings. The number of benzene rings is 1. The summed E-state index contributed by atoms with van der Waals surface area (Å²) in [6.07, 6.45) is 3.55. The van der Waals surface area contributed by atoms with E-state index in [1.807, 2.05) is 51.2 Å². The molecule has 0 spiro atoms. The Bertz CT molecular complexity index is 1360. The fourth-order valence-corrected chi connectivity index (χ4v) is 4.63. The van der Waals surface area contributed by atoms with Crippen molar-refractivity contribution in [1.82, 2.24) is 14.3 Å². The van der Waals surface area contributed by atoms with Crippen molar-refractivity contribution in [2.45, 2.75) is 26.8 Å². The molecule has 0 fully saturated rings. The summed E-state index contributed by atoms with van der Waals surface area (Å²) >= 11 is 1.31. The molecule has 0 unspecified atom stereocenters. The molecule has 0 amide bonds. The van der Waals surface area contributed by atoms with E-state index in [9.17, 15) is 9.59 Å². The Morgan fingerprint density at radius 2 is 1.90 bits per heavy atom. The summed E-state index contributed by atoms with van der Waals surface area (Å²) in [5.74, 6) is -0.502. The number of carbonyl (C=O) groups is 1. The fraction of sp³-hybridized carbons (Fsp3) is 0.273. The van der Waals surface area contributed by atoms with Gasteiger partial charge in [-0.2, -0.15) is 5.10 Å². The Morgan fingerprint density at radius 1 is 1.20 bits per heavy atom. The standard InChI is InChI=1S/C22H22N4O3S/c1-12-6-8-15(9-7-12)10-17-20(27)26-19(16-11-23-25(4)14(16)3)18(21(28)29-5)13(2)24-22(26)30-17/h6-11,19H,1-5H3/b17-10+/t19-/m0/s1. The van der Waals surface area contributed by atoms with Gasteiger partial charge in [0.25, 0.3) is 5.56 Å². The molecule has 8 heteroatoms. The average molecular weight is 423 g/mol. The van der Waals surface area contributed by atoms with Gasteiger partial charge in [-0.05, 0) is 32.4 Å². The van der Waals surface area contributed by atoms with Crippen molar-refractivity contribution < 1.29 is 9.53 Å². The maximum absolute atomic E-state index is 13.4. The summed E-state index contributed by atoms with van der Waals surface area (Å²) in [6, 6.07) is 7.32. The highest BCUT2D eigenvalue weighted by molar-refractivity contribution is 7.07. The Balaban J connectivity index is 1.99. The lowest BCUT2D eigenvalue weighted by atomic mass is 9.96. The number of hydrogen-bond donors (Lipinski definition) is 0. The van der Waals surface area contributed by atoms with E-state index in [1.54, 1.807) is 22.4 Å². The monoisotopic (exact) mass is 422 g/mol. The first-order valence-electron chi connectivity index (χ1n) is 9.48. The van der Waals surface area contributed by atoms with Gasteiger partial charge in [-0.25, -0.2) is 9.79 Å². The van der Waals surface area contributed by atoms with E-state index in [2.05, 4.69) is 10.1 Å². The third-order valence-electron chi connectivity index (χ3n) is 5.37. The minimum atomic E-state index is -0.637. The second-order valence-electron chi connectivity index (χ2n) is 7.29. The van der Waals surface area contributed by atoms with Crippen molar-refractivity contribution in [3.8, 4) is 0 Å². The smallest absolute Gasteiger partial charge is 0.338 e. The third kappa shape index (κ3) is 3.23. The van der Waals surface area contributed by atoms with Crippen molar-refractivity contribution in [2.75, 3.05) is 7.11 Å². The lowest BCUT2D eigenvalue weighted by molar-refractivity contribution is -0.136. The van der Waals surface area contributed by atoms with Gasteiger partial charge in [0.1, 0.15) is 6.04 Å². The number of fused-ring (bicyclic) bond motifs is 1. The van der Waals surface area contributed by atoms with Crippen LogP contribution in [0.5, 0.6) is 0 Å². The number of aryl methyl sites for hydroxylation is 2. The molecule has 3 heterocycles. The number of methoxy groups -OCH3 is 1. The molecular weight excluding hydrogens is 400 g/mol. The number of esters is 1. The zero-order chi connectivity index (χ0) is 21.6. The van der Waals surface area contributed by atoms with Gasteiger partial charge < -0.3 is 4.74 Å². The quantitative estimate of drug-likeness (QED) is 0.603. The molecule has 0 aliphatic carbocycles. The van der Waals surface area contributed by atoms with Crippen molar-refractivity contribution in [2.24, 2.45) is 12.0 Å². The van der Waals surface area contributed by atoms with E-state index in [4.69, 9.17) is 4.74 Å². The number of nitrogens with zero attached hydrogens (tertiary/aromatic N) is 4. The van der Waals surface area contributed by atoms with Gasteiger partial charge in [0, 0.05) is 18.3 Å². The van der Waals surface area contributed by atoms with Crippen LogP contribution in [0.2, 0.25) is 0 Å². The highest BCUT2D eigenvalue weighted by Gasteiger charge is 2.34. The van der Waals surface area contributed by atoms with Crippen LogP contribution < -0.4 is 14.9 Å². The summed E-state index contributed by atoms with van der Waals surface area (Å²) in [5, 5.41) is 4.31. The van der Waals surface area contributed by atoms with Crippen LogP contribution in [0.15, 0.2) is 51.5 Å². The predicted octanol–water partition coefficient (Wildman–Crippen LogP) is 1.76. The summed E-state index contributed by atoms with van der Waals surface area (Å²) in [6.45, 7) is 5.70. The van der Waals surface area contributed by atoms with Crippen LogP contribution in [0.25, 0.3) is 6.08 Å². The zero-order valence-corrected chi connectivity index (χ0v) is 18.3. The number of ether oxygens (including phenoxy) is 1. The molecule has 154 valence electrons. The van der Waals surface area contributed by atoms with E-state index in [0.717, 1.165) is 22.4 Å². The highest BCUT2D eigenvalue weighted by Crippen LogP contribution is 2.32. The van der Waals surface area contributed by atoms with Crippen molar-refractivity contribution in [1.29, 1.82) is 0 Å². The Morgan fingerprint density at radius 3 is 2.50 bits per heavy atom. The molecule has 30 heavy (non-hydrogen) atoms. The van der Waals surface area contributed by atoms with Crippen LogP contribution in [0, 0.1) is 13.8 Å². The maximum atomic E-state index is 13.4. The van der Waals surface area contributed by atoms with E-state index < -0.39 is 12.0 Å². The lowest BCUT2D eigenvalue weighted by Gasteiger charge is -2.23. The Labute approximate surface area is 177 Å². The second-order valence-corrected chi connectivity index (χ2v) is 8.30. The van der Waals surface area contributed by atoms with E-state index in [1.165, 1.54) is 18.4 Å². The number of hydrogen-bond acceptors (Lipinski definition) is 6. The van der Waals surface area contributed by atoms with Crippen LogP contribution in [-0.4, -0.2) is 27.4 Å². The van der Waals surface area contributed by atoms with Crippen LogP contribution in [0.4, 0.5) is 0 Å². The minimum absolute atomic E-state index is 0.193. The van der Waals surface area contributed by atoms with Crippen LogP contribution in [-0.2, 0) is 16.6 Å². The van der Waals surface area contributed by atoms with Gasteiger partial charge in [0.05, 0.1) is 29.1 Å². The largest absolute Gasteiger partial charge is 0.466 e. The van der Waals surface area contributed by atoms with Crippen LogP contribution in [0.3, 0.4) is 0 Å². The Hall–Kier alpha value is -3.26. The van der Waals surface area contributed by atoms with E-state index >= 15 is 0 Å². The summed E-state index contributed by atoms with van der Waals surface area (Å²) < 4.78 is 8.88. The fourth-order valence-electron chi connectivity index (χ4n) is 3.59. The van der Waals surface area contributed by atoms with Gasteiger partial charge in [-0.15, -0.1) is 0 Å². The molecule has 0 radical (unpaired) electrons. The van der Waals surface area contributed by atoms with Crippen LogP contribution >= 0.6 is 11.3 Å². The summed E-state index contributed by atoms with van der Waals surface area (Å²) in [4.78, 5) is 31.2. The third-order valence-corrected chi connectivity index (χ3v) is 6.35. The van der Waals surface area contributed by atoms with Gasteiger partial charge in [-0.1, -0.05) is 41.2 Å². The predicted molar refractivity (Wildman–Crippen MR) is 115 cm³/mol. The molecular formula is C22H22N4O3S. The molecule has 4 rings (SSSR count). The molecule has 0 bridgehead atoms. The molecule has 7 nitrogen and oxygen atoms in total. The van der Waals surface area contributed by atoms with Crippen molar-refractivity contribution in [3.63, 3.8) is 0 Å². The topological polar surface area (TPSA) is 78.5 Å². The molecule has 1 aromatic carbocycles. The molecule has 1 aliphatic heterocycles. The molecule has 0 saturated carbocycles. The first-order valence-corrected chi connectivity index (χ1v) is 10.3. The number of thiazole rings is 1. The molecule has 1 atom stereocenters. The van der Waals surface area contributed by atoms with Crippen molar-refractivity contribution >= 4 is 23.4 Å². The SMILES string of the molecule is COC(=O)C1=C(C)N=c2s/c(=C/c3ccc(C)cc3)c(=O)n2[C@H]1c1cnn(C)c1C. The number of aromatic nitrogens is 3. The lowest BCUT2D eigenvalue weighted by Crippen LogP contribution is -2.40. The zero-order valence-electron chi connectivity index (χ0n) is 17.5. The summed E-state index contributed by atoms with van der Waals surface area (Å²) in [7, 11) is 3.16. The number of carbonyl (C=O) groups excluding carboxylic acids is 1. The first-order chi connectivity index (χ1) is 14.3. The van der Waals surface area contributed by atoms with Crippen LogP contribution in [0.1, 0.15) is 35.3 Å². The highest BCUT2D eigenvalue weighted by atomic mass is 32.1. The van der Waals surface area contributed by atoms with Crippen molar-refractivity contribution in [3.05, 3.63) is 83.8 Å². The van der Waals surface area contributed by atoms with Gasteiger partial charge in [0.15, 0.2) is 4.80 Å². The summed E-state index contributed by atoms with van der Waals surface area (Å²) in [5.41, 5.74) is 4.42. The maximum Gasteiger partial charge on any atom is 0.338 e. The second kappa shape index (κ2) is 7.53. The molecule has 0 saturated heterocycles. The van der Waals surface area contributed by atoms with E-state index in [0.29, 0.717) is 20.6 Å². The molecule has 0 N–H and O–H groups in total. The first kappa shape index (κ1) is 20.0. The molecule has 3 aromatic rings. The molecule has 2 aromatic heterocycles.